The molecule has 0 radical (unpaired) electrons. The summed E-state index contributed by atoms with van der Waals surface area (Å²) in [6, 6.07) is 16.9. The van der Waals surface area contributed by atoms with Crippen molar-refractivity contribution in [1.82, 2.24) is 20.0 Å². The molecule has 0 spiro atoms. The van der Waals surface area contributed by atoms with Gasteiger partial charge in [0.15, 0.2) is 5.69 Å². The highest BCUT2D eigenvalue weighted by atomic mass is 35.5. The normalized spacial score (nSPS) is 12.1. The number of nitrogens with zero attached hydrogens (tertiary/aromatic N) is 4. The van der Waals surface area contributed by atoms with Gasteiger partial charge in [0.05, 0.1) is 22.4 Å². The van der Waals surface area contributed by atoms with E-state index in [9.17, 15) is 4.79 Å². The van der Waals surface area contributed by atoms with Gasteiger partial charge in [0.1, 0.15) is 6.10 Å². The minimum atomic E-state index is -0.561. The monoisotopic (exact) mass is 378 g/mol. The number of rotatable bonds is 4. The number of pyridine rings is 1. The zero-order valence-electron chi connectivity index (χ0n) is 14.4. The third kappa shape index (κ3) is 3.52. The smallest absolute Gasteiger partial charge is 0.361 e. The second-order valence-corrected chi connectivity index (χ2v) is 6.42. The highest BCUT2D eigenvalue weighted by Gasteiger charge is 2.18. The van der Waals surface area contributed by atoms with Gasteiger partial charge in [-0.05, 0) is 31.2 Å². The minimum Gasteiger partial charge on any atom is -0.453 e. The Balaban J connectivity index is 1.52. The molecule has 0 aliphatic heterocycles. The number of benzene rings is 2. The van der Waals surface area contributed by atoms with Gasteiger partial charge in [0, 0.05) is 17.1 Å². The number of para-hydroxylation sites is 2. The molecule has 4 aromatic rings. The fourth-order valence-corrected chi connectivity index (χ4v) is 2.93. The van der Waals surface area contributed by atoms with Crippen LogP contribution in [0.4, 0.5) is 0 Å². The Bertz CT molecular complexity index is 1130. The van der Waals surface area contributed by atoms with Crippen LogP contribution in [0.2, 0.25) is 5.02 Å². The first kappa shape index (κ1) is 17.2. The molecule has 2 aromatic heterocycles. The summed E-state index contributed by atoms with van der Waals surface area (Å²) < 4.78 is 6.97. The van der Waals surface area contributed by atoms with Crippen LogP contribution < -0.4 is 0 Å². The summed E-state index contributed by atoms with van der Waals surface area (Å²) in [6.07, 6.45) is 2.73. The number of esters is 1. The van der Waals surface area contributed by atoms with Gasteiger partial charge in [-0.1, -0.05) is 47.1 Å². The van der Waals surface area contributed by atoms with E-state index in [4.69, 9.17) is 16.3 Å². The van der Waals surface area contributed by atoms with Crippen LogP contribution in [-0.2, 0) is 4.74 Å². The molecule has 4 rings (SSSR count). The van der Waals surface area contributed by atoms with E-state index in [1.54, 1.807) is 25.3 Å². The highest BCUT2D eigenvalue weighted by Crippen LogP contribution is 2.22. The molecule has 27 heavy (non-hydrogen) atoms. The SMILES string of the molecule is C[C@@H](OC(=O)c1cn(-c2ccccc2Cl)nn1)c1cnc2ccccc2c1. The fraction of sp³-hybridized carbons (Fsp3) is 0.100. The first-order chi connectivity index (χ1) is 13.1. The van der Waals surface area contributed by atoms with Gasteiger partial charge in [-0.3, -0.25) is 4.98 Å². The molecular formula is C20H15ClN4O2. The maximum absolute atomic E-state index is 12.4. The van der Waals surface area contributed by atoms with Gasteiger partial charge in [-0.15, -0.1) is 5.10 Å². The first-order valence-corrected chi connectivity index (χ1v) is 8.72. The first-order valence-electron chi connectivity index (χ1n) is 8.35. The van der Waals surface area contributed by atoms with Crippen molar-refractivity contribution in [3.63, 3.8) is 0 Å². The molecule has 6 nitrogen and oxygen atoms in total. The lowest BCUT2D eigenvalue weighted by atomic mass is 10.1. The van der Waals surface area contributed by atoms with E-state index in [0.717, 1.165) is 16.5 Å². The molecule has 1 atom stereocenters. The van der Waals surface area contributed by atoms with Crippen molar-refractivity contribution < 1.29 is 9.53 Å². The van der Waals surface area contributed by atoms with Crippen molar-refractivity contribution >= 4 is 28.5 Å². The molecule has 0 N–H and O–H groups in total. The Kier molecular flexibility index (Phi) is 4.56. The van der Waals surface area contributed by atoms with Gasteiger partial charge in [0.25, 0.3) is 0 Å². The standard InChI is InChI=1S/C20H15ClN4O2/c1-13(15-10-14-6-2-4-8-17(14)22-11-15)27-20(26)18-12-25(24-23-18)19-9-5-3-7-16(19)21/h2-13H,1H3/t13-/m1/s1. The topological polar surface area (TPSA) is 69.9 Å². The second kappa shape index (κ2) is 7.17. The van der Waals surface area contributed by atoms with Crippen LogP contribution in [0.3, 0.4) is 0 Å². The Labute approximate surface area is 160 Å². The molecule has 2 aromatic carbocycles. The second-order valence-electron chi connectivity index (χ2n) is 6.01. The molecule has 0 fully saturated rings. The van der Waals surface area contributed by atoms with Crippen molar-refractivity contribution in [2.24, 2.45) is 0 Å². The Morgan fingerprint density at radius 3 is 2.78 bits per heavy atom. The lowest BCUT2D eigenvalue weighted by molar-refractivity contribution is 0.0330. The molecule has 0 saturated carbocycles. The average molecular weight is 379 g/mol. The summed E-state index contributed by atoms with van der Waals surface area (Å²) in [7, 11) is 0. The van der Waals surface area contributed by atoms with Crippen LogP contribution in [0.15, 0.2) is 67.0 Å². The van der Waals surface area contributed by atoms with Gasteiger partial charge in [-0.25, -0.2) is 9.48 Å². The molecule has 0 bridgehead atoms. The lowest BCUT2D eigenvalue weighted by Gasteiger charge is -2.12. The fourth-order valence-electron chi connectivity index (χ4n) is 2.71. The molecular weight excluding hydrogens is 364 g/mol. The molecule has 0 amide bonds. The number of ether oxygens (including phenoxy) is 1. The van der Waals surface area contributed by atoms with Crippen LogP contribution in [-0.4, -0.2) is 25.9 Å². The van der Waals surface area contributed by atoms with E-state index >= 15 is 0 Å². The number of carbonyl (C=O) groups is 1. The van der Waals surface area contributed by atoms with Crippen molar-refractivity contribution in [1.29, 1.82) is 0 Å². The van der Waals surface area contributed by atoms with Crippen molar-refractivity contribution in [3.8, 4) is 5.69 Å². The number of carbonyl (C=O) groups excluding carboxylic acids is 1. The summed E-state index contributed by atoms with van der Waals surface area (Å²) in [5.41, 5.74) is 2.44. The third-order valence-corrected chi connectivity index (χ3v) is 4.49. The molecule has 2 heterocycles. The largest absolute Gasteiger partial charge is 0.453 e. The van der Waals surface area contributed by atoms with E-state index < -0.39 is 12.1 Å². The number of aromatic nitrogens is 4. The number of hydrogen-bond acceptors (Lipinski definition) is 5. The molecule has 0 aliphatic rings. The van der Waals surface area contributed by atoms with Crippen LogP contribution >= 0.6 is 11.6 Å². The molecule has 7 heteroatoms. The number of fused-ring (bicyclic) bond motifs is 1. The lowest BCUT2D eigenvalue weighted by Crippen LogP contribution is -2.10. The molecule has 0 aliphatic carbocycles. The number of halogens is 1. The predicted molar refractivity (Wildman–Crippen MR) is 102 cm³/mol. The van der Waals surface area contributed by atoms with E-state index in [1.165, 1.54) is 10.9 Å². The van der Waals surface area contributed by atoms with Crippen LogP contribution in [0, 0.1) is 0 Å². The van der Waals surface area contributed by atoms with Crippen molar-refractivity contribution in [2.45, 2.75) is 13.0 Å². The van der Waals surface area contributed by atoms with Gasteiger partial charge >= 0.3 is 5.97 Å². The van der Waals surface area contributed by atoms with Crippen LogP contribution in [0.5, 0.6) is 0 Å². The summed E-state index contributed by atoms with van der Waals surface area (Å²) in [5.74, 6) is -0.561. The Hall–Kier alpha value is -3.25. The highest BCUT2D eigenvalue weighted by molar-refractivity contribution is 6.32. The maximum Gasteiger partial charge on any atom is 0.361 e. The van der Waals surface area contributed by atoms with E-state index in [1.807, 2.05) is 42.5 Å². The third-order valence-electron chi connectivity index (χ3n) is 4.17. The molecule has 0 unspecified atom stereocenters. The van der Waals surface area contributed by atoms with Crippen LogP contribution in [0.1, 0.15) is 29.1 Å². The molecule has 0 saturated heterocycles. The molecule has 134 valence electrons. The quantitative estimate of drug-likeness (QED) is 0.493. The van der Waals surface area contributed by atoms with Crippen molar-refractivity contribution in [3.05, 3.63) is 83.3 Å². The average Bonchev–Trinajstić information content (AvgIpc) is 3.18. The minimum absolute atomic E-state index is 0.107. The predicted octanol–water partition coefficient (Wildman–Crippen LogP) is 4.39. The van der Waals surface area contributed by atoms with Gasteiger partial charge in [0.2, 0.25) is 0 Å². The van der Waals surface area contributed by atoms with E-state index in [-0.39, 0.29) is 5.69 Å². The maximum atomic E-state index is 12.4. The number of hydrogen-bond donors (Lipinski definition) is 0. The van der Waals surface area contributed by atoms with E-state index in [0.29, 0.717) is 10.7 Å². The van der Waals surface area contributed by atoms with Gasteiger partial charge < -0.3 is 4.74 Å². The summed E-state index contributed by atoms with van der Waals surface area (Å²) in [6.45, 7) is 1.79. The Morgan fingerprint density at radius 2 is 1.93 bits per heavy atom. The zero-order valence-corrected chi connectivity index (χ0v) is 15.2. The summed E-state index contributed by atoms with van der Waals surface area (Å²) in [4.78, 5) is 16.8. The Morgan fingerprint density at radius 1 is 1.15 bits per heavy atom. The summed E-state index contributed by atoms with van der Waals surface area (Å²) >= 11 is 6.15. The summed E-state index contributed by atoms with van der Waals surface area (Å²) in [5, 5.41) is 9.35. The van der Waals surface area contributed by atoms with Crippen LogP contribution in [0.25, 0.3) is 16.6 Å². The van der Waals surface area contributed by atoms with Gasteiger partial charge in [-0.2, -0.15) is 0 Å². The zero-order chi connectivity index (χ0) is 18.8. The van der Waals surface area contributed by atoms with E-state index in [2.05, 4.69) is 15.3 Å². The van der Waals surface area contributed by atoms with Crippen molar-refractivity contribution in [2.75, 3.05) is 0 Å².